The van der Waals surface area contributed by atoms with Crippen LogP contribution in [0.25, 0.3) is 0 Å². The molecule has 0 saturated carbocycles. The second-order valence-corrected chi connectivity index (χ2v) is 5.59. The van der Waals surface area contributed by atoms with E-state index in [1.165, 1.54) is 6.33 Å². The van der Waals surface area contributed by atoms with Crippen molar-refractivity contribution in [1.82, 2.24) is 14.8 Å². The van der Waals surface area contributed by atoms with Gasteiger partial charge in [0.25, 0.3) is 0 Å². The fourth-order valence-electron chi connectivity index (χ4n) is 1.60. The van der Waals surface area contributed by atoms with Crippen LogP contribution in [0.2, 0.25) is 5.02 Å². The van der Waals surface area contributed by atoms with Gasteiger partial charge in [-0.3, -0.25) is 4.79 Å². The van der Waals surface area contributed by atoms with E-state index >= 15 is 0 Å². The molecule has 0 spiro atoms. The summed E-state index contributed by atoms with van der Waals surface area (Å²) in [6.45, 7) is 2.08. The monoisotopic (exact) mass is 295 g/mol. The summed E-state index contributed by atoms with van der Waals surface area (Å²) in [5.41, 5.74) is 0.633. The lowest BCUT2D eigenvalue weighted by atomic mass is 10.1. The lowest BCUT2D eigenvalue weighted by Gasteiger charge is -2.15. The zero-order valence-corrected chi connectivity index (χ0v) is 12.1. The zero-order chi connectivity index (χ0) is 13.7. The Morgan fingerprint density at radius 2 is 2.16 bits per heavy atom. The second-order valence-electron chi connectivity index (χ2n) is 3.97. The summed E-state index contributed by atoms with van der Waals surface area (Å²) in [4.78, 5) is 16.4. The van der Waals surface area contributed by atoms with E-state index in [-0.39, 0.29) is 11.2 Å². The summed E-state index contributed by atoms with van der Waals surface area (Å²) in [6.07, 6.45) is 4.01. The van der Waals surface area contributed by atoms with E-state index in [2.05, 4.69) is 17.0 Å². The second kappa shape index (κ2) is 6.73. The van der Waals surface area contributed by atoms with Crippen LogP contribution in [0.15, 0.2) is 36.9 Å². The first-order chi connectivity index (χ1) is 9.22. The van der Waals surface area contributed by atoms with Gasteiger partial charge < -0.3 is 0 Å². The summed E-state index contributed by atoms with van der Waals surface area (Å²) in [5.74, 6) is 0.907. The van der Waals surface area contributed by atoms with Gasteiger partial charge in [0.15, 0.2) is 11.2 Å². The molecule has 0 amide bonds. The van der Waals surface area contributed by atoms with Crippen molar-refractivity contribution in [2.45, 2.75) is 18.7 Å². The average Bonchev–Trinajstić information content (AvgIpc) is 2.94. The van der Waals surface area contributed by atoms with Gasteiger partial charge >= 0.3 is 0 Å². The molecule has 6 heteroatoms. The number of Topliss-reactive ketones (excluding diaryl/α,β-unsaturated/α-hetero) is 1. The first kappa shape index (κ1) is 14.1. The van der Waals surface area contributed by atoms with Crippen molar-refractivity contribution in [2.24, 2.45) is 0 Å². The fourth-order valence-corrected chi connectivity index (χ4v) is 2.73. The normalized spacial score (nSPS) is 12.3. The van der Waals surface area contributed by atoms with Crippen molar-refractivity contribution in [3.05, 3.63) is 47.5 Å². The van der Waals surface area contributed by atoms with Crippen molar-refractivity contribution in [3.8, 4) is 0 Å². The molecule has 0 N–H and O–H groups in total. The van der Waals surface area contributed by atoms with E-state index in [1.807, 2.05) is 0 Å². The van der Waals surface area contributed by atoms with Crippen molar-refractivity contribution in [3.63, 3.8) is 0 Å². The summed E-state index contributed by atoms with van der Waals surface area (Å²) in [5, 5.41) is 4.32. The van der Waals surface area contributed by atoms with Crippen molar-refractivity contribution in [1.29, 1.82) is 0 Å². The largest absolute Gasteiger partial charge is 0.291 e. The van der Waals surface area contributed by atoms with Crippen LogP contribution in [0.4, 0.5) is 0 Å². The van der Waals surface area contributed by atoms with Gasteiger partial charge in [0.05, 0.1) is 0 Å². The number of thioether (sulfide) groups is 1. The van der Waals surface area contributed by atoms with Crippen LogP contribution in [0.5, 0.6) is 0 Å². The molecule has 0 aliphatic carbocycles. The molecule has 1 atom stereocenters. The van der Waals surface area contributed by atoms with Gasteiger partial charge in [0, 0.05) is 10.6 Å². The molecule has 0 aliphatic rings. The molecule has 100 valence electrons. The predicted molar refractivity (Wildman–Crippen MR) is 77.6 cm³/mol. The average molecular weight is 296 g/mol. The quantitative estimate of drug-likeness (QED) is 0.766. The van der Waals surface area contributed by atoms with Crippen LogP contribution in [0.3, 0.4) is 0 Å². The highest BCUT2D eigenvalue weighted by Gasteiger charge is 2.22. The molecule has 0 saturated heterocycles. The smallest absolute Gasteiger partial charge is 0.197 e. The highest BCUT2D eigenvalue weighted by atomic mass is 35.5. The van der Waals surface area contributed by atoms with Crippen molar-refractivity contribution < 1.29 is 4.79 Å². The van der Waals surface area contributed by atoms with Crippen LogP contribution in [0, 0.1) is 0 Å². The third-order valence-corrected chi connectivity index (χ3v) is 4.15. The van der Waals surface area contributed by atoms with E-state index < -0.39 is 0 Å². The maximum absolute atomic E-state index is 12.5. The Balaban J connectivity index is 2.22. The molecule has 1 aromatic carbocycles. The topological polar surface area (TPSA) is 47.8 Å². The van der Waals surface area contributed by atoms with E-state index in [1.54, 1.807) is 47.0 Å². The maximum Gasteiger partial charge on any atom is 0.197 e. The highest BCUT2D eigenvalue weighted by Crippen LogP contribution is 2.27. The summed E-state index contributed by atoms with van der Waals surface area (Å²) >= 11 is 7.40. The van der Waals surface area contributed by atoms with Crippen LogP contribution in [-0.4, -0.2) is 26.3 Å². The zero-order valence-electron chi connectivity index (χ0n) is 10.5. The maximum atomic E-state index is 12.5. The summed E-state index contributed by atoms with van der Waals surface area (Å²) in [6, 6.07) is 6.91. The van der Waals surface area contributed by atoms with Gasteiger partial charge in [-0.1, -0.05) is 18.5 Å². The van der Waals surface area contributed by atoms with E-state index in [4.69, 9.17) is 11.6 Å². The standard InChI is InChI=1S/C13H14ClN3OS/c1-2-7-19-13(17-9-15-8-16-17)12(18)10-3-5-11(14)6-4-10/h3-6,8-9,13H,2,7H2,1H3. The molecule has 0 radical (unpaired) electrons. The van der Waals surface area contributed by atoms with Crippen LogP contribution >= 0.6 is 23.4 Å². The summed E-state index contributed by atoms with van der Waals surface area (Å²) in [7, 11) is 0. The van der Waals surface area contributed by atoms with Crippen LogP contribution < -0.4 is 0 Å². The van der Waals surface area contributed by atoms with Crippen molar-refractivity contribution >= 4 is 29.1 Å². The number of rotatable bonds is 6. The van der Waals surface area contributed by atoms with Gasteiger partial charge in [-0.2, -0.15) is 5.10 Å². The molecule has 1 unspecified atom stereocenters. The first-order valence-corrected chi connectivity index (χ1v) is 7.40. The Bertz CT molecular complexity index is 527. The van der Waals surface area contributed by atoms with Gasteiger partial charge in [0.2, 0.25) is 0 Å². The molecule has 2 rings (SSSR count). The Hall–Kier alpha value is -1.33. The van der Waals surface area contributed by atoms with Crippen LogP contribution in [0.1, 0.15) is 29.1 Å². The number of benzene rings is 1. The molecular formula is C13H14ClN3OS. The Labute approximate surface area is 121 Å². The molecule has 0 bridgehead atoms. The molecule has 19 heavy (non-hydrogen) atoms. The van der Waals surface area contributed by atoms with Crippen LogP contribution in [-0.2, 0) is 0 Å². The molecular weight excluding hydrogens is 282 g/mol. The number of carbonyl (C=O) groups is 1. The molecule has 0 aliphatic heterocycles. The first-order valence-electron chi connectivity index (χ1n) is 5.98. The Morgan fingerprint density at radius 1 is 1.42 bits per heavy atom. The number of aromatic nitrogens is 3. The van der Waals surface area contributed by atoms with Gasteiger partial charge in [0.1, 0.15) is 12.7 Å². The van der Waals surface area contributed by atoms with Crippen molar-refractivity contribution in [2.75, 3.05) is 5.75 Å². The minimum Gasteiger partial charge on any atom is -0.291 e. The number of ketones is 1. The lowest BCUT2D eigenvalue weighted by Crippen LogP contribution is -2.18. The number of carbonyl (C=O) groups excluding carboxylic acids is 1. The molecule has 4 nitrogen and oxygen atoms in total. The van der Waals surface area contributed by atoms with Gasteiger partial charge in [-0.25, -0.2) is 9.67 Å². The molecule has 1 heterocycles. The molecule has 2 aromatic rings. The predicted octanol–water partition coefficient (Wildman–Crippen LogP) is 3.46. The number of halogens is 1. The molecule has 0 fully saturated rings. The van der Waals surface area contributed by atoms with E-state index in [0.29, 0.717) is 10.6 Å². The van der Waals surface area contributed by atoms with E-state index in [9.17, 15) is 4.79 Å². The van der Waals surface area contributed by atoms with E-state index in [0.717, 1.165) is 12.2 Å². The lowest BCUT2D eigenvalue weighted by molar-refractivity contribution is 0.0962. The SMILES string of the molecule is CCCSC(C(=O)c1ccc(Cl)cc1)n1cncn1. The summed E-state index contributed by atoms with van der Waals surface area (Å²) < 4.78 is 1.59. The van der Waals surface area contributed by atoms with Gasteiger partial charge in [-0.05, 0) is 36.4 Å². The number of hydrogen-bond acceptors (Lipinski definition) is 4. The third kappa shape index (κ3) is 3.58. The fraction of sp³-hybridized carbons (Fsp3) is 0.308. The van der Waals surface area contributed by atoms with Gasteiger partial charge in [-0.15, -0.1) is 11.8 Å². The highest BCUT2D eigenvalue weighted by molar-refractivity contribution is 8.00. The number of nitrogens with zero attached hydrogens (tertiary/aromatic N) is 3. The minimum atomic E-state index is -0.372. The Morgan fingerprint density at radius 3 is 2.74 bits per heavy atom. The number of hydrogen-bond donors (Lipinski definition) is 0. The minimum absolute atomic E-state index is 0.0145. The molecule has 1 aromatic heterocycles. The Kier molecular flexibility index (Phi) is 4.99. The third-order valence-electron chi connectivity index (χ3n) is 2.51.